The molecule has 1 aliphatic carbocycles. The predicted octanol–water partition coefficient (Wildman–Crippen LogP) is 2.27. The van der Waals surface area contributed by atoms with Crippen LogP contribution in [0.15, 0.2) is 18.2 Å². The first kappa shape index (κ1) is 19.8. The maximum Gasteiger partial charge on any atom is 0.387 e. The zero-order chi connectivity index (χ0) is 19.9. The molecular formula is C18H23F2N5O3. The van der Waals surface area contributed by atoms with Crippen LogP contribution in [0.4, 0.5) is 14.5 Å². The van der Waals surface area contributed by atoms with E-state index in [4.69, 9.17) is 4.74 Å². The van der Waals surface area contributed by atoms with Crippen LogP contribution in [0.5, 0.6) is 11.5 Å². The van der Waals surface area contributed by atoms with E-state index in [0.29, 0.717) is 43.0 Å². The molecule has 1 amide bonds. The Labute approximate surface area is 161 Å². The Morgan fingerprint density at radius 3 is 2.82 bits per heavy atom. The van der Waals surface area contributed by atoms with E-state index in [9.17, 15) is 13.6 Å². The van der Waals surface area contributed by atoms with Gasteiger partial charge in [-0.25, -0.2) is 4.98 Å². The first-order valence-electron chi connectivity index (χ1n) is 9.09. The number of nitrogens with one attached hydrogen (secondary N) is 3. The monoisotopic (exact) mass is 395 g/mol. The van der Waals surface area contributed by atoms with Gasteiger partial charge in [0.15, 0.2) is 17.3 Å². The molecule has 0 unspecified atom stereocenters. The Balaban J connectivity index is 1.46. The van der Waals surface area contributed by atoms with Crippen molar-refractivity contribution in [3.63, 3.8) is 0 Å². The molecule has 3 N–H and O–H groups in total. The molecule has 8 nitrogen and oxygen atoms in total. The van der Waals surface area contributed by atoms with Crippen molar-refractivity contribution in [2.75, 3.05) is 25.0 Å². The van der Waals surface area contributed by atoms with Gasteiger partial charge in [-0.3, -0.25) is 9.89 Å². The van der Waals surface area contributed by atoms with Gasteiger partial charge >= 0.3 is 6.61 Å². The quantitative estimate of drug-likeness (QED) is 0.505. The van der Waals surface area contributed by atoms with Crippen molar-refractivity contribution in [1.82, 2.24) is 20.5 Å². The van der Waals surface area contributed by atoms with Crippen molar-refractivity contribution in [2.45, 2.75) is 32.8 Å². The van der Waals surface area contributed by atoms with Gasteiger partial charge in [0.2, 0.25) is 5.91 Å². The van der Waals surface area contributed by atoms with E-state index in [1.54, 1.807) is 19.1 Å². The summed E-state index contributed by atoms with van der Waals surface area (Å²) in [5, 5.41) is 12.5. The number of halogens is 2. The molecule has 1 fully saturated rings. The first-order valence-corrected chi connectivity index (χ1v) is 9.09. The standard InChI is InChI=1S/C18H23F2N5O3/c1-11-23-16(25-24-11)9-17(26)22-7-6-21-13-4-5-14(28-18(19)20)15(8-13)27-10-12-2-3-12/h4-5,8,12,18,21H,2-3,6-7,9-10H2,1H3,(H,22,26)(H,23,24,25). The van der Waals surface area contributed by atoms with Gasteiger partial charge in [0.25, 0.3) is 0 Å². The summed E-state index contributed by atoms with van der Waals surface area (Å²) in [7, 11) is 0. The Kier molecular flexibility index (Phi) is 6.62. The number of carbonyl (C=O) groups is 1. The highest BCUT2D eigenvalue weighted by atomic mass is 19.3. The third-order valence-corrected chi connectivity index (χ3v) is 4.07. The molecule has 0 radical (unpaired) electrons. The Bertz CT molecular complexity index is 795. The highest BCUT2D eigenvalue weighted by molar-refractivity contribution is 5.77. The largest absolute Gasteiger partial charge is 0.489 e. The third kappa shape index (κ3) is 6.36. The number of hydrogen-bond acceptors (Lipinski definition) is 6. The summed E-state index contributed by atoms with van der Waals surface area (Å²) in [6.45, 7) is 0.175. The zero-order valence-corrected chi connectivity index (χ0v) is 15.5. The van der Waals surface area contributed by atoms with Gasteiger partial charge in [0, 0.05) is 24.8 Å². The molecule has 0 bridgehead atoms. The lowest BCUT2D eigenvalue weighted by molar-refractivity contribution is -0.120. The molecule has 1 aromatic heterocycles. The predicted molar refractivity (Wildman–Crippen MR) is 97.6 cm³/mol. The number of carbonyl (C=O) groups excluding carboxylic acids is 1. The summed E-state index contributed by atoms with van der Waals surface area (Å²) in [5.41, 5.74) is 0.686. The fourth-order valence-electron chi connectivity index (χ4n) is 2.50. The summed E-state index contributed by atoms with van der Waals surface area (Å²) in [6.07, 6.45) is 2.29. The van der Waals surface area contributed by atoms with Crippen LogP contribution in [0.1, 0.15) is 24.5 Å². The van der Waals surface area contributed by atoms with Gasteiger partial charge in [0.1, 0.15) is 5.82 Å². The Hall–Kier alpha value is -2.91. The van der Waals surface area contributed by atoms with Crippen molar-refractivity contribution in [3.8, 4) is 11.5 Å². The zero-order valence-electron chi connectivity index (χ0n) is 15.5. The van der Waals surface area contributed by atoms with Crippen LogP contribution in [-0.2, 0) is 11.2 Å². The number of benzene rings is 1. The fraction of sp³-hybridized carbons (Fsp3) is 0.500. The number of ether oxygens (including phenoxy) is 2. The fourth-order valence-corrected chi connectivity index (χ4v) is 2.50. The van der Waals surface area contributed by atoms with E-state index < -0.39 is 6.61 Å². The normalized spacial score (nSPS) is 13.4. The number of aromatic nitrogens is 3. The lowest BCUT2D eigenvalue weighted by Crippen LogP contribution is -2.30. The van der Waals surface area contributed by atoms with Crippen LogP contribution in [-0.4, -0.2) is 47.4 Å². The van der Waals surface area contributed by atoms with Crippen molar-refractivity contribution >= 4 is 11.6 Å². The molecule has 1 saturated carbocycles. The minimum absolute atomic E-state index is 0.0105. The second-order valence-electron chi connectivity index (χ2n) is 6.58. The van der Waals surface area contributed by atoms with Crippen LogP contribution in [0.3, 0.4) is 0 Å². The summed E-state index contributed by atoms with van der Waals surface area (Å²) < 4.78 is 35.2. The average Bonchev–Trinajstić information content (AvgIpc) is 3.39. The van der Waals surface area contributed by atoms with E-state index in [-0.39, 0.29) is 23.8 Å². The number of amides is 1. The molecule has 1 heterocycles. The molecule has 152 valence electrons. The van der Waals surface area contributed by atoms with Gasteiger partial charge in [0.05, 0.1) is 13.0 Å². The van der Waals surface area contributed by atoms with Gasteiger partial charge in [-0.05, 0) is 37.8 Å². The van der Waals surface area contributed by atoms with Gasteiger partial charge in [-0.15, -0.1) is 0 Å². The number of hydrogen-bond donors (Lipinski definition) is 3. The number of nitrogens with zero attached hydrogens (tertiary/aromatic N) is 2. The van der Waals surface area contributed by atoms with E-state index in [1.165, 1.54) is 6.07 Å². The van der Waals surface area contributed by atoms with E-state index in [0.717, 1.165) is 12.8 Å². The molecule has 10 heteroatoms. The maximum atomic E-state index is 12.5. The van der Waals surface area contributed by atoms with Crippen LogP contribution in [0.25, 0.3) is 0 Å². The topological polar surface area (TPSA) is 101 Å². The molecule has 0 aliphatic heterocycles. The number of alkyl halides is 2. The van der Waals surface area contributed by atoms with Crippen molar-refractivity contribution < 1.29 is 23.0 Å². The number of aromatic amines is 1. The molecule has 3 rings (SSSR count). The van der Waals surface area contributed by atoms with Crippen molar-refractivity contribution in [1.29, 1.82) is 0 Å². The van der Waals surface area contributed by atoms with E-state index in [1.807, 2.05) is 0 Å². The van der Waals surface area contributed by atoms with Gasteiger partial charge in [-0.2, -0.15) is 13.9 Å². The molecule has 0 atom stereocenters. The lowest BCUT2D eigenvalue weighted by atomic mass is 10.2. The molecule has 28 heavy (non-hydrogen) atoms. The van der Waals surface area contributed by atoms with Gasteiger partial charge < -0.3 is 20.1 Å². The second kappa shape index (κ2) is 9.34. The number of H-pyrrole nitrogens is 1. The molecular weight excluding hydrogens is 372 g/mol. The number of anilines is 1. The van der Waals surface area contributed by atoms with Crippen LogP contribution in [0, 0.1) is 12.8 Å². The van der Waals surface area contributed by atoms with Crippen LogP contribution >= 0.6 is 0 Å². The molecule has 1 aromatic carbocycles. The molecule has 1 aliphatic rings. The van der Waals surface area contributed by atoms with E-state index in [2.05, 4.69) is 30.6 Å². The smallest absolute Gasteiger partial charge is 0.387 e. The Morgan fingerprint density at radius 2 is 2.14 bits per heavy atom. The van der Waals surface area contributed by atoms with Crippen LogP contribution < -0.4 is 20.1 Å². The average molecular weight is 395 g/mol. The summed E-state index contributed by atoms with van der Waals surface area (Å²) in [4.78, 5) is 15.9. The first-order chi connectivity index (χ1) is 13.5. The Morgan fingerprint density at radius 1 is 1.32 bits per heavy atom. The number of rotatable bonds is 11. The maximum absolute atomic E-state index is 12.5. The SMILES string of the molecule is Cc1nc(CC(=O)NCCNc2ccc(OC(F)F)c(OCC3CC3)c2)n[nH]1. The molecule has 0 spiro atoms. The molecule has 2 aromatic rings. The minimum Gasteiger partial charge on any atom is -0.489 e. The highest BCUT2D eigenvalue weighted by Gasteiger charge is 2.23. The van der Waals surface area contributed by atoms with Crippen molar-refractivity contribution in [2.24, 2.45) is 5.92 Å². The minimum atomic E-state index is -2.91. The molecule has 0 saturated heterocycles. The van der Waals surface area contributed by atoms with E-state index >= 15 is 0 Å². The second-order valence-corrected chi connectivity index (χ2v) is 6.58. The van der Waals surface area contributed by atoms with Crippen molar-refractivity contribution in [3.05, 3.63) is 29.8 Å². The van der Waals surface area contributed by atoms with Crippen LogP contribution in [0.2, 0.25) is 0 Å². The number of aryl methyl sites for hydroxylation is 1. The summed E-state index contributed by atoms with van der Waals surface area (Å²) in [5.74, 6) is 1.69. The highest BCUT2D eigenvalue weighted by Crippen LogP contribution is 2.35. The summed E-state index contributed by atoms with van der Waals surface area (Å²) >= 11 is 0. The van der Waals surface area contributed by atoms with Gasteiger partial charge in [-0.1, -0.05) is 0 Å². The lowest BCUT2D eigenvalue weighted by Gasteiger charge is -2.14. The third-order valence-electron chi connectivity index (χ3n) is 4.07. The summed E-state index contributed by atoms with van der Waals surface area (Å²) in [6, 6.07) is 4.69.